The zero-order chi connectivity index (χ0) is 13.4. The van der Waals surface area contributed by atoms with Crippen molar-refractivity contribution < 1.29 is 14.7 Å². The van der Waals surface area contributed by atoms with Crippen LogP contribution < -0.4 is 0 Å². The smallest absolute Gasteiger partial charge is 0.308 e. The molecule has 98 valence electrons. The molecule has 1 unspecified atom stereocenters. The van der Waals surface area contributed by atoms with E-state index in [1.54, 1.807) is 4.90 Å². The van der Waals surface area contributed by atoms with E-state index in [4.69, 9.17) is 5.11 Å². The van der Waals surface area contributed by atoms with Crippen molar-refractivity contribution in [1.29, 1.82) is 0 Å². The molecule has 0 radical (unpaired) electrons. The molecule has 1 aromatic carbocycles. The summed E-state index contributed by atoms with van der Waals surface area (Å²) < 4.78 is 0. The van der Waals surface area contributed by atoms with Gasteiger partial charge in [0, 0.05) is 24.0 Å². The molecule has 1 amide bonds. The summed E-state index contributed by atoms with van der Waals surface area (Å²) in [7, 11) is 0. The van der Waals surface area contributed by atoms with Gasteiger partial charge in [-0.3, -0.25) is 9.59 Å². The number of hydrogen-bond donors (Lipinski definition) is 2. The Morgan fingerprint density at radius 1 is 1.32 bits per heavy atom. The highest BCUT2D eigenvalue weighted by atomic mass is 16.4. The second kappa shape index (κ2) is 4.42. The number of para-hydroxylation sites is 1. The van der Waals surface area contributed by atoms with Crippen molar-refractivity contribution in [3.63, 3.8) is 0 Å². The SMILES string of the molecule is O=C(O)C1CCN(C(=O)c2cc3ccccc3[nH]2)C1. The number of aliphatic carboxylic acids is 1. The first-order valence-electron chi connectivity index (χ1n) is 6.25. The summed E-state index contributed by atoms with van der Waals surface area (Å²) in [5, 5.41) is 9.94. The second-order valence-electron chi connectivity index (χ2n) is 4.85. The van der Waals surface area contributed by atoms with Gasteiger partial charge in [0.1, 0.15) is 5.69 Å². The van der Waals surface area contributed by atoms with Crippen molar-refractivity contribution in [1.82, 2.24) is 9.88 Å². The molecule has 1 fully saturated rings. The minimum absolute atomic E-state index is 0.125. The highest BCUT2D eigenvalue weighted by molar-refractivity contribution is 5.98. The average Bonchev–Trinajstić information content (AvgIpc) is 3.04. The fourth-order valence-corrected chi connectivity index (χ4v) is 2.51. The maximum atomic E-state index is 12.3. The first kappa shape index (κ1) is 11.8. The standard InChI is InChI=1S/C14H14N2O3/c17-13(16-6-5-10(8-16)14(18)19)12-7-9-3-1-2-4-11(9)15-12/h1-4,7,10,15H,5-6,8H2,(H,18,19). The minimum Gasteiger partial charge on any atom is -0.481 e. The fourth-order valence-electron chi connectivity index (χ4n) is 2.51. The summed E-state index contributed by atoms with van der Waals surface area (Å²) in [6.45, 7) is 0.800. The number of fused-ring (bicyclic) bond motifs is 1. The lowest BCUT2D eigenvalue weighted by atomic mass is 10.1. The van der Waals surface area contributed by atoms with Gasteiger partial charge in [-0.25, -0.2) is 0 Å². The van der Waals surface area contributed by atoms with E-state index in [0.717, 1.165) is 10.9 Å². The Labute approximate surface area is 109 Å². The molecular weight excluding hydrogens is 244 g/mol. The van der Waals surface area contributed by atoms with Gasteiger partial charge in [0.2, 0.25) is 0 Å². The van der Waals surface area contributed by atoms with Crippen LogP contribution >= 0.6 is 0 Å². The van der Waals surface area contributed by atoms with Crippen LogP contribution in [0.15, 0.2) is 30.3 Å². The maximum Gasteiger partial charge on any atom is 0.308 e. The third-order valence-electron chi connectivity index (χ3n) is 3.59. The first-order valence-corrected chi connectivity index (χ1v) is 6.25. The molecule has 1 aliphatic heterocycles. The van der Waals surface area contributed by atoms with Gasteiger partial charge in [-0.2, -0.15) is 0 Å². The van der Waals surface area contributed by atoms with Gasteiger partial charge in [0.25, 0.3) is 5.91 Å². The second-order valence-corrected chi connectivity index (χ2v) is 4.85. The molecule has 1 saturated heterocycles. The molecule has 5 heteroatoms. The van der Waals surface area contributed by atoms with Crippen molar-refractivity contribution in [2.24, 2.45) is 5.92 Å². The number of carboxylic acids is 1. The normalized spacial score (nSPS) is 18.9. The molecule has 2 N–H and O–H groups in total. The number of nitrogens with zero attached hydrogens (tertiary/aromatic N) is 1. The van der Waals surface area contributed by atoms with Gasteiger partial charge >= 0.3 is 5.97 Å². The van der Waals surface area contributed by atoms with Crippen LogP contribution in [-0.2, 0) is 4.79 Å². The fraction of sp³-hybridized carbons (Fsp3) is 0.286. The number of likely N-dealkylation sites (tertiary alicyclic amines) is 1. The van der Waals surface area contributed by atoms with E-state index in [2.05, 4.69) is 4.98 Å². The van der Waals surface area contributed by atoms with Crippen LogP contribution in [0.4, 0.5) is 0 Å². The Kier molecular flexibility index (Phi) is 2.74. The third-order valence-corrected chi connectivity index (χ3v) is 3.59. The zero-order valence-electron chi connectivity index (χ0n) is 10.3. The summed E-state index contributed by atoms with van der Waals surface area (Å²) in [5.74, 6) is -1.39. The van der Waals surface area contributed by atoms with E-state index < -0.39 is 11.9 Å². The lowest BCUT2D eigenvalue weighted by molar-refractivity contribution is -0.141. The predicted molar refractivity (Wildman–Crippen MR) is 69.9 cm³/mol. The van der Waals surface area contributed by atoms with E-state index in [-0.39, 0.29) is 5.91 Å². The number of amides is 1. The number of aromatic amines is 1. The molecule has 1 aromatic heterocycles. The molecule has 2 heterocycles. The molecule has 2 aromatic rings. The number of carboxylic acid groups (broad SMARTS) is 1. The number of hydrogen-bond acceptors (Lipinski definition) is 2. The van der Waals surface area contributed by atoms with Crippen LogP contribution in [0.25, 0.3) is 10.9 Å². The number of rotatable bonds is 2. The molecule has 0 spiro atoms. The summed E-state index contributed by atoms with van der Waals surface area (Å²) in [6.07, 6.45) is 0.529. The zero-order valence-corrected chi connectivity index (χ0v) is 10.3. The summed E-state index contributed by atoms with van der Waals surface area (Å²) in [4.78, 5) is 27.9. The van der Waals surface area contributed by atoms with Crippen LogP contribution in [0.2, 0.25) is 0 Å². The Morgan fingerprint density at radius 3 is 2.79 bits per heavy atom. The molecular formula is C14H14N2O3. The van der Waals surface area contributed by atoms with E-state index >= 15 is 0 Å². The number of carbonyl (C=O) groups excluding carboxylic acids is 1. The van der Waals surface area contributed by atoms with E-state index in [1.165, 1.54) is 0 Å². The van der Waals surface area contributed by atoms with Crippen molar-refractivity contribution in [3.8, 4) is 0 Å². The van der Waals surface area contributed by atoms with Crippen LogP contribution in [0.5, 0.6) is 0 Å². The quantitative estimate of drug-likeness (QED) is 0.861. The van der Waals surface area contributed by atoms with Crippen molar-refractivity contribution in [2.75, 3.05) is 13.1 Å². The molecule has 1 aliphatic rings. The molecule has 0 aliphatic carbocycles. The average molecular weight is 258 g/mol. The summed E-state index contributed by atoms with van der Waals surface area (Å²) in [6, 6.07) is 9.48. The lowest BCUT2D eigenvalue weighted by Gasteiger charge is -2.14. The molecule has 1 atom stereocenters. The highest BCUT2D eigenvalue weighted by Gasteiger charge is 2.31. The Balaban J connectivity index is 1.82. The molecule has 5 nitrogen and oxygen atoms in total. The van der Waals surface area contributed by atoms with Gasteiger partial charge in [-0.05, 0) is 18.6 Å². The van der Waals surface area contributed by atoms with E-state index in [9.17, 15) is 9.59 Å². The molecule has 19 heavy (non-hydrogen) atoms. The summed E-state index contributed by atoms with van der Waals surface area (Å²) >= 11 is 0. The predicted octanol–water partition coefficient (Wildman–Crippen LogP) is 1.71. The first-order chi connectivity index (χ1) is 9.15. The largest absolute Gasteiger partial charge is 0.481 e. The summed E-state index contributed by atoms with van der Waals surface area (Å²) in [5.41, 5.74) is 1.44. The number of H-pyrrole nitrogens is 1. The number of carbonyl (C=O) groups is 2. The molecule has 3 rings (SSSR count). The highest BCUT2D eigenvalue weighted by Crippen LogP contribution is 2.21. The number of benzene rings is 1. The van der Waals surface area contributed by atoms with E-state index in [1.807, 2.05) is 30.3 Å². The van der Waals surface area contributed by atoms with Gasteiger partial charge < -0.3 is 15.0 Å². The van der Waals surface area contributed by atoms with Crippen LogP contribution in [0.3, 0.4) is 0 Å². The number of nitrogens with one attached hydrogen (secondary N) is 1. The van der Waals surface area contributed by atoms with Gasteiger partial charge in [-0.1, -0.05) is 18.2 Å². The van der Waals surface area contributed by atoms with Crippen LogP contribution in [0.1, 0.15) is 16.9 Å². The third kappa shape index (κ3) is 2.07. The van der Waals surface area contributed by atoms with Crippen molar-refractivity contribution in [2.45, 2.75) is 6.42 Å². The Morgan fingerprint density at radius 2 is 2.11 bits per heavy atom. The minimum atomic E-state index is -0.827. The Hall–Kier alpha value is -2.30. The topological polar surface area (TPSA) is 73.4 Å². The lowest BCUT2D eigenvalue weighted by Crippen LogP contribution is -2.30. The van der Waals surface area contributed by atoms with Crippen molar-refractivity contribution in [3.05, 3.63) is 36.0 Å². The Bertz CT molecular complexity index is 614. The monoisotopic (exact) mass is 258 g/mol. The van der Waals surface area contributed by atoms with Crippen LogP contribution in [0, 0.1) is 5.92 Å². The van der Waals surface area contributed by atoms with Gasteiger partial charge in [0.05, 0.1) is 5.92 Å². The van der Waals surface area contributed by atoms with E-state index in [0.29, 0.717) is 25.2 Å². The van der Waals surface area contributed by atoms with Gasteiger partial charge in [0.15, 0.2) is 0 Å². The maximum absolute atomic E-state index is 12.3. The number of aromatic nitrogens is 1. The van der Waals surface area contributed by atoms with Gasteiger partial charge in [-0.15, -0.1) is 0 Å². The van der Waals surface area contributed by atoms with Crippen LogP contribution in [-0.4, -0.2) is 40.0 Å². The molecule has 0 saturated carbocycles. The van der Waals surface area contributed by atoms with Crippen molar-refractivity contribution >= 4 is 22.8 Å². The molecule has 0 bridgehead atoms.